The monoisotopic (exact) mass is 410 g/mol. The number of benzene rings is 2. The van der Waals surface area contributed by atoms with Crippen LogP contribution in [0.25, 0.3) is 0 Å². The fraction of sp³-hybridized carbons (Fsp3) is 0.348. The molecule has 2 aromatic rings. The summed E-state index contributed by atoms with van der Waals surface area (Å²) in [7, 11) is 0. The molecule has 0 saturated carbocycles. The fourth-order valence-electron chi connectivity index (χ4n) is 3.22. The van der Waals surface area contributed by atoms with Crippen LogP contribution in [-0.4, -0.2) is 37.5 Å². The van der Waals surface area contributed by atoms with Gasteiger partial charge in [-0.05, 0) is 49.6 Å². The van der Waals surface area contributed by atoms with Crippen LogP contribution in [0.3, 0.4) is 0 Å². The Balaban J connectivity index is 1.46. The second kappa shape index (κ2) is 9.43. The minimum atomic E-state index is -0.541. The average molecular weight is 410 g/mol. The molecule has 1 atom stereocenters. The number of nitrogens with zero attached hydrogens (tertiary/aromatic N) is 1. The Morgan fingerprint density at radius 2 is 1.93 bits per heavy atom. The fourth-order valence-corrected chi connectivity index (χ4v) is 3.22. The number of hydrogen-bond donors (Lipinski definition) is 1. The molecule has 1 aliphatic rings. The number of amides is 2. The van der Waals surface area contributed by atoms with Crippen molar-refractivity contribution in [2.45, 2.75) is 33.2 Å². The Bertz CT molecular complexity index is 956. The van der Waals surface area contributed by atoms with Crippen molar-refractivity contribution < 1.29 is 23.9 Å². The maximum atomic E-state index is 12.1. The number of rotatable bonds is 7. The summed E-state index contributed by atoms with van der Waals surface area (Å²) >= 11 is 0. The summed E-state index contributed by atoms with van der Waals surface area (Å²) in [5, 5.41) is 2.83. The van der Waals surface area contributed by atoms with Gasteiger partial charge in [0.1, 0.15) is 5.75 Å². The van der Waals surface area contributed by atoms with Gasteiger partial charge >= 0.3 is 5.97 Å². The molecule has 0 aliphatic carbocycles. The number of anilines is 1. The van der Waals surface area contributed by atoms with E-state index in [4.69, 9.17) is 9.47 Å². The lowest BCUT2D eigenvalue weighted by molar-refractivity contribution is -0.148. The second-order valence-electron chi connectivity index (χ2n) is 7.35. The van der Waals surface area contributed by atoms with Crippen LogP contribution >= 0.6 is 0 Å². The van der Waals surface area contributed by atoms with E-state index in [1.54, 1.807) is 18.2 Å². The minimum Gasteiger partial charge on any atom is -0.482 e. The highest BCUT2D eigenvalue weighted by atomic mass is 16.5. The van der Waals surface area contributed by atoms with Gasteiger partial charge in [0.15, 0.2) is 13.2 Å². The van der Waals surface area contributed by atoms with Crippen LogP contribution in [0.15, 0.2) is 42.5 Å². The highest BCUT2D eigenvalue weighted by Gasteiger charge is 2.25. The first-order valence-electron chi connectivity index (χ1n) is 9.89. The van der Waals surface area contributed by atoms with Crippen LogP contribution in [0.4, 0.5) is 5.69 Å². The molecule has 0 unspecified atom stereocenters. The Hall–Kier alpha value is -3.35. The summed E-state index contributed by atoms with van der Waals surface area (Å²) in [5.41, 5.74) is 3.95. The predicted molar refractivity (Wildman–Crippen MR) is 112 cm³/mol. The first-order valence-corrected chi connectivity index (χ1v) is 9.89. The third kappa shape index (κ3) is 5.17. The molecule has 7 nitrogen and oxygen atoms in total. The highest BCUT2D eigenvalue weighted by molar-refractivity contribution is 5.98. The molecular formula is C23H26N2O5. The SMILES string of the molecule is Cc1ccc([C@H](C)NC(=O)COC(=O)CCN2C(=O)COc3ccccc32)cc1C. The smallest absolute Gasteiger partial charge is 0.308 e. The van der Waals surface area contributed by atoms with Crippen molar-refractivity contribution >= 4 is 23.5 Å². The van der Waals surface area contributed by atoms with Crippen molar-refractivity contribution in [1.82, 2.24) is 5.32 Å². The number of carbonyl (C=O) groups excluding carboxylic acids is 3. The number of aryl methyl sites for hydroxylation is 2. The van der Waals surface area contributed by atoms with Gasteiger partial charge in [0.05, 0.1) is 18.2 Å². The molecule has 0 aromatic heterocycles. The van der Waals surface area contributed by atoms with Gasteiger partial charge in [0.25, 0.3) is 11.8 Å². The van der Waals surface area contributed by atoms with E-state index in [1.807, 2.05) is 45.0 Å². The number of para-hydroxylation sites is 2. The van der Waals surface area contributed by atoms with Crippen LogP contribution in [0.5, 0.6) is 5.75 Å². The van der Waals surface area contributed by atoms with Gasteiger partial charge in [-0.1, -0.05) is 30.3 Å². The first kappa shape index (κ1) is 21.4. The molecule has 0 fully saturated rings. The second-order valence-corrected chi connectivity index (χ2v) is 7.35. The van der Waals surface area contributed by atoms with Crippen molar-refractivity contribution in [2.24, 2.45) is 0 Å². The van der Waals surface area contributed by atoms with Crippen molar-refractivity contribution in [3.63, 3.8) is 0 Å². The molecule has 30 heavy (non-hydrogen) atoms. The van der Waals surface area contributed by atoms with E-state index in [1.165, 1.54) is 10.5 Å². The van der Waals surface area contributed by atoms with Crippen molar-refractivity contribution in [3.05, 3.63) is 59.2 Å². The standard InChI is InChI=1S/C23H26N2O5/c1-15-8-9-18(12-16(15)2)17(3)24-21(26)13-30-23(28)10-11-25-19-6-4-5-7-20(19)29-14-22(25)27/h4-9,12,17H,10-11,13-14H2,1-3H3,(H,24,26)/t17-/m0/s1. The number of nitrogens with one attached hydrogen (secondary N) is 1. The van der Waals surface area contributed by atoms with Gasteiger partial charge in [0, 0.05) is 6.54 Å². The first-order chi connectivity index (χ1) is 14.3. The van der Waals surface area contributed by atoms with Crippen molar-refractivity contribution in [2.75, 3.05) is 24.7 Å². The van der Waals surface area contributed by atoms with Crippen molar-refractivity contribution in [3.8, 4) is 5.75 Å². The van der Waals surface area contributed by atoms with Gasteiger partial charge in [-0.3, -0.25) is 14.4 Å². The van der Waals surface area contributed by atoms with Crippen molar-refractivity contribution in [1.29, 1.82) is 0 Å². The van der Waals surface area contributed by atoms with E-state index in [-0.39, 0.29) is 44.0 Å². The van der Waals surface area contributed by atoms with Gasteiger partial charge < -0.3 is 19.7 Å². The lowest BCUT2D eigenvalue weighted by Gasteiger charge is -2.28. The number of ether oxygens (including phenoxy) is 2. The predicted octanol–water partition coefficient (Wildman–Crippen LogP) is 2.84. The largest absolute Gasteiger partial charge is 0.482 e. The molecule has 0 radical (unpaired) electrons. The van der Waals surface area contributed by atoms with Gasteiger partial charge in [-0.2, -0.15) is 0 Å². The van der Waals surface area contributed by atoms with Crippen LogP contribution in [0, 0.1) is 13.8 Å². The highest BCUT2D eigenvalue weighted by Crippen LogP contribution is 2.31. The van der Waals surface area contributed by atoms with E-state index in [9.17, 15) is 14.4 Å². The maximum Gasteiger partial charge on any atom is 0.308 e. The Labute approximate surface area is 176 Å². The summed E-state index contributed by atoms with van der Waals surface area (Å²) in [6.07, 6.45) is -0.0138. The summed E-state index contributed by atoms with van der Waals surface area (Å²) in [4.78, 5) is 37.8. The number of fused-ring (bicyclic) bond motifs is 1. The molecule has 1 heterocycles. The summed E-state index contributed by atoms with van der Waals surface area (Å²) in [5.74, 6) is -0.533. The minimum absolute atomic E-state index is 0.0138. The topological polar surface area (TPSA) is 84.9 Å². The van der Waals surface area contributed by atoms with Crippen LogP contribution in [0.1, 0.15) is 36.1 Å². The summed E-state index contributed by atoms with van der Waals surface area (Å²) in [6.45, 7) is 5.67. The molecule has 1 aliphatic heterocycles. The zero-order valence-corrected chi connectivity index (χ0v) is 17.4. The maximum absolute atomic E-state index is 12.1. The van der Waals surface area contributed by atoms with Crippen LogP contribution in [0.2, 0.25) is 0 Å². The third-order valence-electron chi connectivity index (χ3n) is 5.12. The third-order valence-corrected chi connectivity index (χ3v) is 5.12. The lowest BCUT2D eigenvalue weighted by Crippen LogP contribution is -2.40. The molecule has 3 rings (SSSR count). The van der Waals surface area contributed by atoms with E-state index < -0.39 is 5.97 Å². The molecule has 158 valence electrons. The van der Waals surface area contributed by atoms with Gasteiger partial charge in [-0.15, -0.1) is 0 Å². The number of esters is 1. The Morgan fingerprint density at radius 1 is 1.17 bits per heavy atom. The zero-order valence-electron chi connectivity index (χ0n) is 17.4. The lowest BCUT2D eigenvalue weighted by atomic mass is 10.0. The number of hydrogen-bond acceptors (Lipinski definition) is 5. The molecule has 2 amide bonds. The molecule has 7 heteroatoms. The summed E-state index contributed by atoms with van der Waals surface area (Å²) in [6, 6.07) is 13.0. The molecule has 2 aromatic carbocycles. The van der Waals surface area contributed by atoms with Crippen LogP contribution < -0.4 is 15.0 Å². The molecule has 0 saturated heterocycles. The van der Waals surface area contributed by atoms with E-state index in [2.05, 4.69) is 5.32 Å². The Morgan fingerprint density at radius 3 is 2.70 bits per heavy atom. The van der Waals surface area contributed by atoms with Crippen LogP contribution in [-0.2, 0) is 19.1 Å². The van der Waals surface area contributed by atoms with Gasteiger partial charge in [0.2, 0.25) is 0 Å². The molecular weight excluding hydrogens is 384 g/mol. The molecule has 0 spiro atoms. The number of carbonyl (C=O) groups is 3. The normalized spacial score (nSPS) is 13.8. The Kier molecular flexibility index (Phi) is 6.72. The van der Waals surface area contributed by atoms with E-state index in [0.29, 0.717) is 11.4 Å². The van der Waals surface area contributed by atoms with E-state index >= 15 is 0 Å². The molecule has 1 N–H and O–H groups in total. The quantitative estimate of drug-likeness (QED) is 0.710. The molecule has 0 bridgehead atoms. The average Bonchev–Trinajstić information content (AvgIpc) is 2.73. The van der Waals surface area contributed by atoms with E-state index in [0.717, 1.165) is 11.1 Å². The summed E-state index contributed by atoms with van der Waals surface area (Å²) < 4.78 is 10.5. The van der Waals surface area contributed by atoms with Gasteiger partial charge in [-0.25, -0.2) is 0 Å². The zero-order chi connectivity index (χ0) is 21.7.